The molecule has 0 bridgehead atoms. The third-order valence-electron chi connectivity index (χ3n) is 21.2. The number of thiophene rings is 2. The van der Waals surface area contributed by atoms with Gasteiger partial charge in [0.25, 0.3) is 0 Å². The molecule has 0 spiro atoms. The Morgan fingerprint density at radius 3 is 1.42 bits per heavy atom. The maximum atomic E-state index is 6.98. The molecular weight excluding hydrogens is 1240 g/mol. The van der Waals surface area contributed by atoms with Gasteiger partial charge in [0.05, 0.1) is 5.69 Å². The van der Waals surface area contributed by atoms with Gasteiger partial charge >= 0.3 is 0 Å². The summed E-state index contributed by atoms with van der Waals surface area (Å²) in [6.07, 6.45) is 0. The SMILES string of the molecule is CC1(C)c2ccccc2-c2ccc(-c3ccc(N(c4ccccc4)c4ccc5c(c4)sc4ccc6c7cc8cc(-c9cccc(-c%10ccc(N(c%11ccc%12c(c%11)sc%11ccc%13c%14cc%15ccccc%15cc%14oc%13c%11%12)c%11cccc%12ccccc%11%12)cc%10)c9)ccc8cc7oc6c45)cc3)cc21. The summed E-state index contributed by atoms with van der Waals surface area (Å²) in [6.45, 7) is 4.70. The second-order valence-corrected chi connectivity index (χ2v) is 29.3. The highest BCUT2D eigenvalue weighted by Gasteiger charge is 2.35. The minimum Gasteiger partial charge on any atom is -0.455 e. The molecule has 4 heterocycles. The number of hydrogen-bond donors (Lipinski definition) is 0. The zero-order valence-electron chi connectivity index (χ0n) is 54.0. The van der Waals surface area contributed by atoms with Crippen molar-refractivity contribution in [2.24, 2.45) is 0 Å². The van der Waals surface area contributed by atoms with Gasteiger partial charge in [-0.1, -0.05) is 196 Å². The molecule has 21 rings (SSSR count). The molecule has 0 saturated heterocycles. The van der Waals surface area contributed by atoms with E-state index in [9.17, 15) is 0 Å². The Kier molecular flexibility index (Phi) is 12.2. The summed E-state index contributed by atoms with van der Waals surface area (Å²) in [6, 6.07) is 116. The van der Waals surface area contributed by atoms with Gasteiger partial charge in [-0.2, -0.15) is 0 Å². The molecule has 6 heteroatoms. The summed E-state index contributed by atoms with van der Waals surface area (Å²) in [5.41, 5.74) is 22.8. The first kappa shape index (κ1) is 56.1. The summed E-state index contributed by atoms with van der Waals surface area (Å²) < 4.78 is 18.6. The first-order valence-electron chi connectivity index (χ1n) is 33.9. The number of rotatable bonds is 9. The lowest BCUT2D eigenvalue weighted by Crippen LogP contribution is -2.14. The molecule has 0 unspecified atom stereocenters. The number of benzene rings is 16. The smallest absolute Gasteiger partial charge is 0.144 e. The van der Waals surface area contributed by atoms with Gasteiger partial charge < -0.3 is 18.6 Å². The summed E-state index contributed by atoms with van der Waals surface area (Å²) in [5, 5.41) is 16.4. The van der Waals surface area contributed by atoms with E-state index in [1.54, 1.807) is 0 Å². The number of anilines is 6. The van der Waals surface area contributed by atoms with Gasteiger partial charge in [0.2, 0.25) is 0 Å². The average molecular weight is 1300 g/mol. The summed E-state index contributed by atoms with van der Waals surface area (Å²) in [4.78, 5) is 4.79. The molecule has 20 aromatic rings. The van der Waals surface area contributed by atoms with E-state index in [0.29, 0.717) is 0 Å². The molecule has 0 aliphatic heterocycles. The van der Waals surface area contributed by atoms with Crippen LogP contribution in [0.3, 0.4) is 0 Å². The van der Waals surface area contributed by atoms with Crippen LogP contribution in [0.15, 0.2) is 324 Å². The van der Waals surface area contributed by atoms with E-state index in [0.717, 1.165) is 105 Å². The van der Waals surface area contributed by atoms with Crippen molar-refractivity contribution < 1.29 is 8.83 Å². The zero-order valence-corrected chi connectivity index (χ0v) is 55.7. The number of para-hydroxylation sites is 1. The van der Waals surface area contributed by atoms with Crippen LogP contribution in [0.2, 0.25) is 0 Å². The minimum atomic E-state index is -0.0569. The van der Waals surface area contributed by atoms with E-state index < -0.39 is 0 Å². The van der Waals surface area contributed by atoms with Crippen LogP contribution in [-0.2, 0) is 5.41 Å². The van der Waals surface area contributed by atoms with Crippen LogP contribution < -0.4 is 9.80 Å². The predicted molar refractivity (Wildman–Crippen MR) is 423 cm³/mol. The maximum absolute atomic E-state index is 6.98. The third-order valence-corrected chi connectivity index (χ3v) is 23.4. The van der Waals surface area contributed by atoms with Crippen LogP contribution in [0, 0.1) is 0 Å². The number of hydrogen-bond acceptors (Lipinski definition) is 6. The van der Waals surface area contributed by atoms with E-state index in [-0.39, 0.29) is 5.41 Å². The zero-order chi connectivity index (χ0) is 65.2. The van der Waals surface area contributed by atoms with Gasteiger partial charge in [-0.25, -0.2) is 0 Å². The molecule has 464 valence electrons. The fourth-order valence-electron chi connectivity index (χ4n) is 16.3. The first-order chi connectivity index (χ1) is 48.8. The third kappa shape index (κ3) is 8.76. The molecule has 4 aromatic heterocycles. The Bertz CT molecular complexity index is 6760. The van der Waals surface area contributed by atoms with Crippen LogP contribution in [0.1, 0.15) is 25.0 Å². The number of furan rings is 2. The lowest BCUT2D eigenvalue weighted by molar-refractivity contribution is 0.660. The minimum absolute atomic E-state index is 0.0569. The lowest BCUT2D eigenvalue weighted by Gasteiger charge is -2.27. The van der Waals surface area contributed by atoms with Gasteiger partial charge in [0, 0.05) is 101 Å². The van der Waals surface area contributed by atoms with Crippen LogP contribution in [0.4, 0.5) is 34.1 Å². The fourth-order valence-corrected chi connectivity index (χ4v) is 18.5. The van der Waals surface area contributed by atoms with Gasteiger partial charge in [-0.05, 0) is 216 Å². The van der Waals surface area contributed by atoms with Crippen molar-refractivity contribution in [2.45, 2.75) is 19.3 Å². The van der Waals surface area contributed by atoms with Crippen molar-refractivity contribution >= 4 is 173 Å². The Hall–Kier alpha value is -12.1. The summed E-state index contributed by atoms with van der Waals surface area (Å²) in [7, 11) is 0. The van der Waals surface area contributed by atoms with Gasteiger partial charge in [0.15, 0.2) is 0 Å². The highest BCUT2D eigenvalue weighted by atomic mass is 32.1. The number of fused-ring (bicyclic) bond motifs is 20. The molecule has 4 nitrogen and oxygen atoms in total. The van der Waals surface area contributed by atoms with Crippen molar-refractivity contribution in [1.82, 2.24) is 0 Å². The van der Waals surface area contributed by atoms with Crippen LogP contribution in [-0.4, -0.2) is 0 Å². The van der Waals surface area contributed by atoms with Gasteiger partial charge in [0.1, 0.15) is 22.3 Å². The predicted octanol–water partition coefficient (Wildman–Crippen LogP) is 27.9. The lowest BCUT2D eigenvalue weighted by atomic mass is 9.81. The van der Waals surface area contributed by atoms with Crippen molar-refractivity contribution in [1.29, 1.82) is 0 Å². The molecular formula is C93H58N2O2S2. The Balaban J connectivity index is 0.591. The van der Waals surface area contributed by atoms with E-state index in [1.807, 2.05) is 22.7 Å². The van der Waals surface area contributed by atoms with Gasteiger partial charge in [-0.15, -0.1) is 22.7 Å². The molecule has 0 saturated carbocycles. The Morgan fingerprint density at radius 2 is 0.737 bits per heavy atom. The summed E-state index contributed by atoms with van der Waals surface area (Å²) >= 11 is 3.65. The van der Waals surface area contributed by atoms with E-state index in [2.05, 4.69) is 339 Å². The molecule has 0 fully saturated rings. The maximum Gasteiger partial charge on any atom is 0.144 e. The van der Waals surface area contributed by atoms with Crippen molar-refractivity contribution in [2.75, 3.05) is 9.80 Å². The second-order valence-electron chi connectivity index (χ2n) is 27.1. The Morgan fingerprint density at radius 1 is 0.263 bits per heavy atom. The average Bonchev–Trinajstić information content (AvgIpc) is 1.58. The summed E-state index contributed by atoms with van der Waals surface area (Å²) in [5.74, 6) is 0. The highest BCUT2D eigenvalue weighted by molar-refractivity contribution is 7.26. The van der Waals surface area contributed by atoms with E-state index in [1.165, 1.54) is 101 Å². The van der Waals surface area contributed by atoms with Crippen molar-refractivity contribution in [3.63, 3.8) is 0 Å². The normalized spacial score (nSPS) is 12.8. The molecule has 0 N–H and O–H groups in total. The molecule has 1 aliphatic rings. The molecule has 0 radical (unpaired) electrons. The van der Waals surface area contributed by atoms with E-state index >= 15 is 0 Å². The fraction of sp³-hybridized carbons (Fsp3) is 0.0323. The molecule has 16 aromatic carbocycles. The quantitative estimate of drug-likeness (QED) is 0.144. The molecule has 0 amide bonds. The largest absolute Gasteiger partial charge is 0.455 e. The highest BCUT2D eigenvalue weighted by Crippen LogP contribution is 2.52. The monoisotopic (exact) mass is 1300 g/mol. The van der Waals surface area contributed by atoms with Crippen molar-refractivity contribution in [3.05, 3.63) is 327 Å². The molecule has 1 aliphatic carbocycles. The van der Waals surface area contributed by atoms with E-state index in [4.69, 9.17) is 8.83 Å². The van der Waals surface area contributed by atoms with Crippen LogP contribution in [0.25, 0.3) is 161 Å². The first-order valence-corrected chi connectivity index (χ1v) is 35.5. The Labute approximate surface area is 578 Å². The van der Waals surface area contributed by atoms with Crippen LogP contribution >= 0.6 is 22.7 Å². The molecule has 0 atom stereocenters. The molecule has 99 heavy (non-hydrogen) atoms. The van der Waals surface area contributed by atoms with Gasteiger partial charge in [-0.3, -0.25) is 0 Å². The van der Waals surface area contributed by atoms with Crippen molar-refractivity contribution in [3.8, 4) is 44.5 Å². The standard InChI is InChI=1S/C93H58N2O2S2/c1-93(2)80-24-11-10-23-72(80)73-39-32-63(50-81(73)93)56-28-33-67(34-29-56)94(66-20-4-3-5-21-66)69-37-40-76-87(53-69)98-85-45-43-75-79-49-65-47-62(26-27-64(65)52-84(79)97-92(75)89(76)85)59-19-12-18-58(46-59)55-30-35-68(36-31-55)95(82-25-13-17-57-14-8-9-22-71(57)82)70-38-41-77-88(54-70)99-86-44-42-74-78-48-60-15-6-7-16-61(60)51-83(78)96-91(74)90(77)86/h3-54H,1-2H3. The van der Waals surface area contributed by atoms with Crippen LogP contribution in [0.5, 0.6) is 0 Å². The number of nitrogens with zero attached hydrogens (tertiary/aromatic N) is 2. The second kappa shape index (κ2) is 21.5. The topological polar surface area (TPSA) is 32.8 Å².